The Morgan fingerprint density at radius 3 is 2.46 bits per heavy atom. The van der Waals surface area contributed by atoms with Crippen molar-refractivity contribution in [3.63, 3.8) is 0 Å². The summed E-state index contributed by atoms with van der Waals surface area (Å²) in [5.41, 5.74) is 0.944. The van der Waals surface area contributed by atoms with Crippen LogP contribution in [-0.4, -0.2) is 30.5 Å². The summed E-state index contributed by atoms with van der Waals surface area (Å²) in [4.78, 5) is 8.34. The van der Waals surface area contributed by atoms with Gasteiger partial charge < -0.3 is 14.8 Å². The fourth-order valence-electron chi connectivity index (χ4n) is 2.69. The predicted octanol–water partition coefficient (Wildman–Crippen LogP) is 4.35. The van der Waals surface area contributed by atoms with Gasteiger partial charge in [-0.15, -0.1) is 6.58 Å². The SMILES string of the molecule is C=CC1CCC(n2ccc3c(Cl)ncnc32)C1.CC.CC(C)(O)O. The second kappa shape index (κ2) is 9.16. The summed E-state index contributed by atoms with van der Waals surface area (Å²) in [6, 6.07) is 2.51. The van der Waals surface area contributed by atoms with E-state index in [-0.39, 0.29) is 0 Å². The zero-order valence-electron chi connectivity index (χ0n) is 14.9. The summed E-state index contributed by atoms with van der Waals surface area (Å²) < 4.78 is 2.23. The average Bonchev–Trinajstić information content (AvgIpc) is 3.14. The first-order valence-corrected chi connectivity index (χ1v) is 8.71. The van der Waals surface area contributed by atoms with Crippen molar-refractivity contribution in [1.29, 1.82) is 0 Å². The number of allylic oxidation sites excluding steroid dienone is 1. The van der Waals surface area contributed by atoms with Crippen molar-refractivity contribution in [3.05, 3.63) is 36.4 Å². The molecular formula is C18H28ClN3O2. The molecule has 0 spiro atoms. The van der Waals surface area contributed by atoms with Crippen LogP contribution in [0.25, 0.3) is 11.0 Å². The number of aliphatic hydroxyl groups is 2. The van der Waals surface area contributed by atoms with Gasteiger partial charge in [0.2, 0.25) is 0 Å². The summed E-state index contributed by atoms with van der Waals surface area (Å²) in [6.07, 6.45) is 9.21. The van der Waals surface area contributed by atoms with Gasteiger partial charge in [-0.2, -0.15) is 0 Å². The molecule has 2 aromatic heterocycles. The number of hydrogen-bond donors (Lipinski definition) is 2. The van der Waals surface area contributed by atoms with Crippen LogP contribution in [0.5, 0.6) is 0 Å². The number of nitrogens with zero attached hydrogens (tertiary/aromatic N) is 3. The Balaban J connectivity index is 0.000000356. The molecule has 0 amide bonds. The lowest BCUT2D eigenvalue weighted by Crippen LogP contribution is -2.15. The minimum Gasteiger partial charge on any atom is -0.366 e. The molecule has 0 aromatic carbocycles. The van der Waals surface area contributed by atoms with Crippen LogP contribution in [0.2, 0.25) is 5.15 Å². The van der Waals surface area contributed by atoms with Crippen molar-refractivity contribution in [2.75, 3.05) is 0 Å². The van der Waals surface area contributed by atoms with Gasteiger partial charge in [0.25, 0.3) is 0 Å². The Morgan fingerprint density at radius 1 is 1.29 bits per heavy atom. The molecule has 0 saturated heterocycles. The molecule has 0 aliphatic heterocycles. The van der Waals surface area contributed by atoms with Crippen LogP contribution in [0.4, 0.5) is 0 Å². The second-order valence-corrected chi connectivity index (χ2v) is 6.44. The maximum atomic E-state index is 8.08. The fourth-order valence-corrected chi connectivity index (χ4v) is 2.88. The molecule has 2 aromatic rings. The Hall–Kier alpha value is -1.43. The van der Waals surface area contributed by atoms with E-state index in [0.717, 1.165) is 17.5 Å². The molecule has 0 radical (unpaired) electrons. The van der Waals surface area contributed by atoms with E-state index in [1.807, 2.05) is 19.9 Å². The number of halogens is 1. The molecule has 134 valence electrons. The summed E-state index contributed by atoms with van der Waals surface area (Å²) in [7, 11) is 0. The molecule has 2 atom stereocenters. The number of fused-ring (bicyclic) bond motifs is 1. The van der Waals surface area contributed by atoms with Crippen molar-refractivity contribution in [1.82, 2.24) is 14.5 Å². The molecule has 3 rings (SSSR count). The maximum absolute atomic E-state index is 8.08. The quantitative estimate of drug-likeness (QED) is 0.478. The molecule has 2 N–H and O–H groups in total. The highest BCUT2D eigenvalue weighted by atomic mass is 35.5. The Labute approximate surface area is 149 Å². The van der Waals surface area contributed by atoms with E-state index >= 15 is 0 Å². The molecule has 0 bridgehead atoms. The molecule has 1 aliphatic rings. The summed E-state index contributed by atoms with van der Waals surface area (Å²) >= 11 is 6.05. The van der Waals surface area contributed by atoms with Gasteiger partial charge in [0.1, 0.15) is 17.1 Å². The van der Waals surface area contributed by atoms with Gasteiger partial charge in [0.15, 0.2) is 5.79 Å². The lowest BCUT2D eigenvalue weighted by atomic mass is 10.1. The van der Waals surface area contributed by atoms with Crippen LogP contribution < -0.4 is 0 Å². The lowest BCUT2D eigenvalue weighted by molar-refractivity contribution is -0.127. The van der Waals surface area contributed by atoms with Crippen molar-refractivity contribution < 1.29 is 10.2 Å². The van der Waals surface area contributed by atoms with Crippen LogP contribution in [0.3, 0.4) is 0 Å². The molecular weight excluding hydrogens is 326 g/mol. The lowest BCUT2D eigenvalue weighted by Gasteiger charge is -2.13. The fraction of sp³-hybridized carbons (Fsp3) is 0.556. The Kier molecular flexibility index (Phi) is 7.87. The van der Waals surface area contributed by atoms with Crippen molar-refractivity contribution in [3.8, 4) is 0 Å². The highest BCUT2D eigenvalue weighted by molar-refractivity contribution is 6.33. The average molecular weight is 354 g/mol. The van der Waals surface area contributed by atoms with Gasteiger partial charge in [0.05, 0.1) is 5.39 Å². The van der Waals surface area contributed by atoms with Crippen LogP contribution >= 0.6 is 11.6 Å². The normalized spacial score (nSPS) is 20.0. The molecule has 6 heteroatoms. The summed E-state index contributed by atoms with van der Waals surface area (Å²) in [5, 5.41) is 17.6. The Bertz CT molecular complexity index is 643. The standard InChI is InChI=1S/C13H14ClN3.C3H8O2.C2H6/c1-2-9-3-4-10(7-9)17-6-5-11-12(14)15-8-16-13(11)17;1-3(2,4)5;1-2/h2,5-6,8-10H,1,3-4,7H2;4-5H,1-2H3;1-2H3. The van der Waals surface area contributed by atoms with Gasteiger partial charge >= 0.3 is 0 Å². The van der Waals surface area contributed by atoms with Gasteiger partial charge in [0, 0.05) is 12.2 Å². The van der Waals surface area contributed by atoms with E-state index in [4.69, 9.17) is 21.8 Å². The van der Waals surface area contributed by atoms with Crippen molar-refractivity contribution >= 4 is 22.6 Å². The third-order valence-corrected chi connectivity index (χ3v) is 3.93. The number of aromatic nitrogens is 3. The topological polar surface area (TPSA) is 71.2 Å². The van der Waals surface area contributed by atoms with E-state index in [2.05, 4.69) is 33.4 Å². The molecule has 2 unspecified atom stereocenters. The van der Waals surface area contributed by atoms with E-state index in [0.29, 0.717) is 17.1 Å². The smallest absolute Gasteiger partial charge is 0.156 e. The predicted molar refractivity (Wildman–Crippen MR) is 99.0 cm³/mol. The molecule has 5 nitrogen and oxygen atoms in total. The minimum atomic E-state index is -1.50. The monoisotopic (exact) mass is 353 g/mol. The van der Waals surface area contributed by atoms with Crippen molar-refractivity contribution in [2.24, 2.45) is 5.92 Å². The minimum absolute atomic E-state index is 0.515. The Morgan fingerprint density at radius 2 is 1.92 bits per heavy atom. The number of rotatable bonds is 2. The third-order valence-electron chi connectivity index (χ3n) is 3.63. The largest absolute Gasteiger partial charge is 0.366 e. The first-order chi connectivity index (χ1) is 11.3. The van der Waals surface area contributed by atoms with Crippen LogP contribution in [0.15, 0.2) is 31.2 Å². The third kappa shape index (κ3) is 5.89. The van der Waals surface area contributed by atoms with Crippen LogP contribution in [-0.2, 0) is 0 Å². The molecule has 1 saturated carbocycles. The first-order valence-electron chi connectivity index (χ1n) is 8.34. The van der Waals surface area contributed by atoms with E-state index in [1.54, 1.807) is 0 Å². The van der Waals surface area contributed by atoms with E-state index in [9.17, 15) is 0 Å². The van der Waals surface area contributed by atoms with Crippen LogP contribution in [0, 0.1) is 5.92 Å². The highest BCUT2D eigenvalue weighted by Crippen LogP contribution is 2.37. The van der Waals surface area contributed by atoms with E-state index < -0.39 is 5.79 Å². The molecule has 1 aliphatic carbocycles. The first kappa shape index (κ1) is 20.6. The maximum Gasteiger partial charge on any atom is 0.156 e. The molecule has 24 heavy (non-hydrogen) atoms. The van der Waals surface area contributed by atoms with Gasteiger partial charge in [-0.05, 0) is 45.1 Å². The van der Waals surface area contributed by atoms with Gasteiger partial charge in [-0.25, -0.2) is 9.97 Å². The zero-order valence-corrected chi connectivity index (χ0v) is 15.7. The zero-order chi connectivity index (χ0) is 18.3. The van der Waals surface area contributed by atoms with Crippen LogP contribution in [0.1, 0.15) is 53.0 Å². The second-order valence-electron chi connectivity index (χ2n) is 6.08. The molecule has 1 fully saturated rings. The van der Waals surface area contributed by atoms with Gasteiger partial charge in [-0.1, -0.05) is 31.5 Å². The number of hydrogen-bond acceptors (Lipinski definition) is 4. The summed E-state index contributed by atoms with van der Waals surface area (Å²) in [5.74, 6) is -0.866. The van der Waals surface area contributed by atoms with Gasteiger partial charge in [-0.3, -0.25) is 0 Å². The highest BCUT2D eigenvalue weighted by Gasteiger charge is 2.25. The molecule has 2 heterocycles. The summed E-state index contributed by atoms with van der Waals surface area (Å²) in [6.45, 7) is 10.5. The van der Waals surface area contributed by atoms with E-state index in [1.165, 1.54) is 33.0 Å². The van der Waals surface area contributed by atoms with Crippen molar-refractivity contribution in [2.45, 2.75) is 58.8 Å².